The minimum atomic E-state index is -0.674. The highest BCUT2D eigenvalue weighted by atomic mass is 35.5. The van der Waals surface area contributed by atoms with Crippen LogP contribution in [0, 0.1) is 19.7 Å². The Balaban J connectivity index is 2.11. The van der Waals surface area contributed by atoms with Crippen molar-refractivity contribution in [3.63, 3.8) is 0 Å². The van der Waals surface area contributed by atoms with Crippen LogP contribution in [0.5, 0.6) is 5.75 Å². The lowest BCUT2D eigenvalue weighted by molar-refractivity contribution is 0.215. The number of carbonyl (C=O) groups excluding carboxylic acids is 1. The minimum absolute atomic E-state index is 0.0427. The number of amides is 1. The Labute approximate surface area is 121 Å². The molecule has 20 heavy (non-hydrogen) atoms. The summed E-state index contributed by atoms with van der Waals surface area (Å²) in [7, 11) is 0. The number of rotatable bonds is 2. The van der Waals surface area contributed by atoms with Crippen molar-refractivity contribution >= 4 is 23.4 Å². The van der Waals surface area contributed by atoms with Crippen LogP contribution in [0.3, 0.4) is 0 Å². The van der Waals surface area contributed by atoms with Crippen LogP contribution in [-0.2, 0) is 0 Å². The van der Waals surface area contributed by atoms with E-state index in [0.29, 0.717) is 5.69 Å². The van der Waals surface area contributed by atoms with E-state index in [1.54, 1.807) is 0 Å². The van der Waals surface area contributed by atoms with Gasteiger partial charge in [0.1, 0.15) is 5.82 Å². The topological polar surface area (TPSA) is 38.3 Å². The molecule has 1 N–H and O–H groups in total. The Kier molecular flexibility index (Phi) is 4.25. The van der Waals surface area contributed by atoms with Crippen molar-refractivity contribution in [1.29, 1.82) is 0 Å². The molecule has 0 unspecified atom stereocenters. The summed E-state index contributed by atoms with van der Waals surface area (Å²) in [5.74, 6) is -0.381. The molecule has 2 aromatic rings. The Hall–Kier alpha value is -2.07. The Morgan fingerprint density at radius 2 is 1.95 bits per heavy atom. The fraction of sp³-hybridized carbons (Fsp3) is 0.133. The lowest BCUT2D eigenvalue weighted by Gasteiger charge is -2.10. The van der Waals surface area contributed by atoms with E-state index in [-0.39, 0.29) is 10.8 Å². The summed E-state index contributed by atoms with van der Waals surface area (Å²) in [5.41, 5.74) is 2.59. The molecule has 0 saturated carbocycles. The molecule has 0 heterocycles. The molecule has 0 bridgehead atoms. The summed E-state index contributed by atoms with van der Waals surface area (Å²) in [6.45, 7) is 3.80. The predicted molar refractivity (Wildman–Crippen MR) is 77.0 cm³/mol. The van der Waals surface area contributed by atoms with Gasteiger partial charge in [-0.1, -0.05) is 23.7 Å². The zero-order chi connectivity index (χ0) is 14.7. The van der Waals surface area contributed by atoms with Gasteiger partial charge in [0.2, 0.25) is 0 Å². The third-order valence-corrected chi connectivity index (χ3v) is 3.02. The third kappa shape index (κ3) is 3.48. The second-order valence-electron chi connectivity index (χ2n) is 4.41. The standard InChI is InChI=1S/C15H13ClFNO2/c1-9-3-4-10(2)13(7-9)18-15(19)20-14-6-5-11(17)8-12(14)16/h3-8H,1-2H3,(H,18,19). The van der Waals surface area contributed by atoms with Gasteiger partial charge in [0, 0.05) is 5.69 Å². The van der Waals surface area contributed by atoms with Gasteiger partial charge in [0.05, 0.1) is 5.02 Å². The summed E-state index contributed by atoms with van der Waals surface area (Å²) in [6, 6.07) is 9.25. The number of halogens is 2. The molecule has 2 aromatic carbocycles. The van der Waals surface area contributed by atoms with Crippen molar-refractivity contribution in [2.24, 2.45) is 0 Å². The van der Waals surface area contributed by atoms with E-state index >= 15 is 0 Å². The predicted octanol–water partition coefficient (Wildman–Crippen LogP) is 4.71. The molecule has 3 nitrogen and oxygen atoms in total. The van der Waals surface area contributed by atoms with Gasteiger partial charge in [-0.15, -0.1) is 0 Å². The Bertz CT molecular complexity index is 658. The van der Waals surface area contributed by atoms with Crippen molar-refractivity contribution in [2.75, 3.05) is 5.32 Å². The first-order valence-corrected chi connectivity index (χ1v) is 6.34. The number of carbonyl (C=O) groups is 1. The van der Waals surface area contributed by atoms with Crippen molar-refractivity contribution < 1.29 is 13.9 Å². The van der Waals surface area contributed by atoms with Gasteiger partial charge in [0.25, 0.3) is 0 Å². The molecule has 0 aliphatic heterocycles. The summed E-state index contributed by atoms with van der Waals surface area (Å²) in [5, 5.41) is 2.67. The van der Waals surface area contributed by atoms with E-state index in [2.05, 4.69) is 5.32 Å². The van der Waals surface area contributed by atoms with E-state index in [1.165, 1.54) is 12.1 Å². The molecule has 5 heteroatoms. The number of hydrogen-bond acceptors (Lipinski definition) is 2. The number of anilines is 1. The largest absolute Gasteiger partial charge is 0.417 e. The maximum absolute atomic E-state index is 12.9. The maximum Gasteiger partial charge on any atom is 0.417 e. The average molecular weight is 294 g/mol. The van der Waals surface area contributed by atoms with Gasteiger partial charge in [-0.25, -0.2) is 9.18 Å². The third-order valence-electron chi connectivity index (χ3n) is 2.73. The van der Waals surface area contributed by atoms with Gasteiger partial charge in [-0.2, -0.15) is 0 Å². The second kappa shape index (κ2) is 5.92. The van der Waals surface area contributed by atoms with Crippen LogP contribution in [0.1, 0.15) is 11.1 Å². The summed E-state index contributed by atoms with van der Waals surface area (Å²) >= 11 is 5.79. The first kappa shape index (κ1) is 14.3. The highest BCUT2D eigenvalue weighted by Crippen LogP contribution is 2.25. The maximum atomic E-state index is 12.9. The highest BCUT2D eigenvalue weighted by Gasteiger charge is 2.10. The normalized spacial score (nSPS) is 10.2. The Morgan fingerprint density at radius 1 is 1.20 bits per heavy atom. The van der Waals surface area contributed by atoms with Gasteiger partial charge >= 0.3 is 6.09 Å². The molecule has 0 aliphatic rings. The van der Waals surface area contributed by atoms with Crippen LogP contribution < -0.4 is 10.1 Å². The number of hydrogen-bond donors (Lipinski definition) is 1. The zero-order valence-electron chi connectivity index (χ0n) is 11.0. The van der Waals surface area contributed by atoms with Crippen molar-refractivity contribution in [3.8, 4) is 5.75 Å². The zero-order valence-corrected chi connectivity index (χ0v) is 11.8. The molecule has 0 spiro atoms. The molecule has 0 fully saturated rings. The molecule has 104 valence electrons. The van der Waals surface area contributed by atoms with E-state index < -0.39 is 11.9 Å². The Morgan fingerprint density at radius 3 is 2.65 bits per heavy atom. The molecule has 0 aliphatic carbocycles. The summed E-state index contributed by atoms with van der Waals surface area (Å²) in [6.07, 6.45) is -0.674. The minimum Gasteiger partial charge on any atom is -0.408 e. The summed E-state index contributed by atoms with van der Waals surface area (Å²) in [4.78, 5) is 11.8. The average Bonchev–Trinajstić information content (AvgIpc) is 2.37. The summed E-state index contributed by atoms with van der Waals surface area (Å²) < 4.78 is 17.9. The second-order valence-corrected chi connectivity index (χ2v) is 4.81. The molecule has 0 atom stereocenters. The molecule has 0 saturated heterocycles. The van der Waals surface area contributed by atoms with Gasteiger partial charge in [-0.05, 0) is 49.2 Å². The van der Waals surface area contributed by atoms with Crippen LogP contribution in [-0.4, -0.2) is 6.09 Å². The smallest absolute Gasteiger partial charge is 0.408 e. The molecule has 2 rings (SSSR count). The van der Waals surface area contributed by atoms with E-state index in [9.17, 15) is 9.18 Å². The molecular formula is C15H13ClFNO2. The fourth-order valence-electron chi connectivity index (χ4n) is 1.66. The van der Waals surface area contributed by atoms with Crippen molar-refractivity contribution in [3.05, 3.63) is 58.4 Å². The lowest BCUT2D eigenvalue weighted by atomic mass is 10.1. The molecule has 1 amide bonds. The number of aryl methyl sites for hydroxylation is 2. The van der Waals surface area contributed by atoms with Crippen LogP contribution >= 0.6 is 11.6 Å². The van der Waals surface area contributed by atoms with E-state index in [0.717, 1.165) is 17.2 Å². The number of nitrogens with one attached hydrogen (secondary N) is 1. The van der Waals surface area contributed by atoms with Crippen molar-refractivity contribution in [2.45, 2.75) is 13.8 Å². The SMILES string of the molecule is Cc1ccc(C)c(NC(=O)Oc2ccc(F)cc2Cl)c1. The van der Waals surface area contributed by atoms with Gasteiger partial charge in [-0.3, -0.25) is 5.32 Å². The monoisotopic (exact) mass is 293 g/mol. The van der Waals surface area contributed by atoms with Gasteiger partial charge < -0.3 is 4.74 Å². The van der Waals surface area contributed by atoms with Crippen LogP contribution in [0.15, 0.2) is 36.4 Å². The van der Waals surface area contributed by atoms with Crippen molar-refractivity contribution in [1.82, 2.24) is 0 Å². The molecule has 0 radical (unpaired) electrons. The molecular weight excluding hydrogens is 281 g/mol. The first-order valence-electron chi connectivity index (χ1n) is 5.97. The fourth-order valence-corrected chi connectivity index (χ4v) is 1.87. The quantitative estimate of drug-likeness (QED) is 0.871. The van der Waals surface area contributed by atoms with E-state index in [1.807, 2.05) is 32.0 Å². The lowest BCUT2D eigenvalue weighted by Crippen LogP contribution is -2.17. The van der Waals surface area contributed by atoms with Gasteiger partial charge in [0.15, 0.2) is 5.75 Å². The first-order chi connectivity index (χ1) is 9.45. The van der Waals surface area contributed by atoms with Crippen LogP contribution in [0.25, 0.3) is 0 Å². The number of ether oxygens (including phenoxy) is 1. The highest BCUT2D eigenvalue weighted by molar-refractivity contribution is 6.32. The van der Waals surface area contributed by atoms with Crippen LogP contribution in [0.2, 0.25) is 5.02 Å². The molecule has 0 aromatic heterocycles. The number of benzene rings is 2. The van der Waals surface area contributed by atoms with Crippen LogP contribution in [0.4, 0.5) is 14.9 Å². The van der Waals surface area contributed by atoms with E-state index in [4.69, 9.17) is 16.3 Å².